The molecule has 0 fully saturated rings. The van der Waals surface area contributed by atoms with E-state index in [0.717, 1.165) is 21.9 Å². The maximum Gasteiger partial charge on any atom is 0.263 e. The number of hydrogen-bond donors (Lipinski definition) is 2. The first kappa shape index (κ1) is 21.5. The van der Waals surface area contributed by atoms with Gasteiger partial charge in [0.1, 0.15) is 15.6 Å². The third-order valence-corrected chi connectivity index (χ3v) is 5.67. The lowest BCUT2D eigenvalue weighted by Crippen LogP contribution is -2.26. The first-order valence-electron chi connectivity index (χ1n) is 9.76. The third-order valence-electron chi connectivity index (χ3n) is 4.47. The number of ether oxygens (including phenoxy) is 1. The van der Waals surface area contributed by atoms with Crippen LogP contribution >= 0.6 is 11.3 Å². The zero-order valence-corrected chi connectivity index (χ0v) is 18.3. The molecule has 2 amide bonds. The van der Waals surface area contributed by atoms with Crippen LogP contribution in [-0.2, 0) is 4.79 Å². The van der Waals surface area contributed by atoms with E-state index in [0.29, 0.717) is 22.9 Å². The van der Waals surface area contributed by atoms with Gasteiger partial charge in [-0.05, 0) is 62.7 Å². The number of amides is 2. The predicted octanol–water partition coefficient (Wildman–Crippen LogP) is 4.97. The third kappa shape index (κ3) is 5.24. The molecule has 6 nitrogen and oxygen atoms in total. The SMILES string of the molecule is CCOc1ccc(-c2nc(C)c(C(=O)NC(C)c3cccc(NC(C)=O)c3)s2)cc1. The van der Waals surface area contributed by atoms with Crippen LogP contribution in [0.15, 0.2) is 48.5 Å². The Morgan fingerprint density at radius 2 is 1.90 bits per heavy atom. The predicted molar refractivity (Wildman–Crippen MR) is 120 cm³/mol. The minimum absolute atomic E-state index is 0.133. The molecule has 0 aliphatic heterocycles. The summed E-state index contributed by atoms with van der Waals surface area (Å²) in [5.74, 6) is 0.508. The van der Waals surface area contributed by atoms with Gasteiger partial charge in [0.2, 0.25) is 5.91 Å². The summed E-state index contributed by atoms with van der Waals surface area (Å²) in [5, 5.41) is 6.57. The summed E-state index contributed by atoms with van der Waals surface area (Å²) in [6.45, 7) is 7.78. The first-order valence-corrected chi connectivity index (χ1v) is 10.6. The van der Waals surface area contributed by atoms with Crippen molar-refractivity contribution in [3.8, 4) is 16.3 Å². The highest BCUT2D eigenvalue weighted by Gasteiger charge is 2.19. The molecule has 0 radical (unpaired) electrons. The van der Waals surface area contributed by atoms with E-state index >= 15 is 0 Å². The molecule has 2 N–H and O–H groups in total. The molecule has 30 heavy (non-hydrogen) atoms. The van der Waals surface area contributed by atoms with Gasteiger partial charge in [0, 0.05) is 18.2 Å². The molecule has 0 aliphatic rings. The highest BCUT2D eigenvalue weighted by molar-refractivity contribution is 7.17. The number of aromatic nitrogens is 1. The van der Waals surface area contributed by atoms with Crippen molar-refractivity contribution in [3.63, 3.8) is 0 Å². The summed E-state index contributed by atoms with van der Waals surface area (Å²) < 4.78 is 5.47. The van der Waals surface area contributed by atoms with Crippen LogP contribution in [0.25, 0.3) is 10.6 Å². The number of benzene rings is 2. The molecule has 1 aromatic heterocycles. The van der Waals surface area contributed by atoms with Crippen molar-refractivity contribution in [2.75, 3.05) is 11.9 Å². The second-order valence-corrected chi connectivity index (χ2v) is 7.89. The Balaban J connectivity index is 1.73. The van der Waals surface area contributed by atoms with E-state index in [1.807, 2.05) is 69.3 Å². The van der Waals surface area contributed by atoms with Gasteiger partial charge in [-0.25, -0.2) is 4.98 Å². The first-order chi connectivity index (χ1) is 14.4. The Labute approximate surface area is 180 Å². The minimum Gasteiger partial charge on any atom is -0.494 e. The summed E-state index contributed by atoms with van der Waals surface area (Å²) in [5.41, 5.74) is 3.25. The molecule has 3 aromatic rings. The Hall–Kier alpha value is -3.19. The quantitative estimate of drug-likeness (QED) is 0.562. The molecule has 0 saturated heterocycles. The molecule has 7 heteroatoms. The summed E-state index contributed by atoms with van der Waals surface area (Å²) >= 11 is 1.37. The van der Waals surface area contributed by atoms with Crippen molar-refractivity contribution in [2.24, 2.45) is 0 Å². The van der Waals surface area contributed by atoms with Gasteiger partial charge in [-0.15, -0.1) is 11.3 Å². The number of carbonyl (C=O) groups is 2. The normalized spacial score (nSPS) is 11.6. The van der Waals surface area contributed by atoms with E-state index < -0.39 is 0 Å². The number of rotatable bonds is 7. The van der Waals surface area contributed by atoms with Crippen LogP contribution in [0.3, 0.4) is 0 Å². The van der Waals surface area contributed by atoms with Crippen LogP contribution in [0.1, 0.15) is 47.7 Å². The van der Waals surface area contributed by atoms with Gasteiger partial charge >= 0.3 is 0 Å². The number of anilines is 1. The highest BCUT2D eigenvalue weighted by Crippen LogP contribution is 2.30. The lowest BCUT2D eigenvalue weighted by atomic mass is 10.1. The Kier molecular flexibility index (Phi) is 6.84. The van der Waals surface area contributed by atoms with Crippen LogP contribution in [0.2, 0.25) is 0 Å². The van der Waals surface area contributed by atoms with Crippen LogP contribution in [0, 0.1) is 6.92 Å². The van der Waals surface area contributed by atoms with Gasteiger partial charge in [-0.3, -0.25) is 9.59 Å². The van der Waals surface area contributed by atoms with Crippen molar-refractivity contribution in [3.05, 3.63) is 64.7 Å². The van der Waals surface area contributed by atoms with E-state index in [9.17, 15) is 9.59 Å². The van der Waals surface area contributed by atoms with E-state index in [1.165, 1.54) is 18.3 Å². The zero-order chi connectivity index (χ0) is 21.7. The van der Waals surface area contributed by atoms with E-state index in [2.05, 4.69) is 15.6 Å². The topological polar surface area (TPSA) is 80.3 Å². The van der Waals surface area contributed by atoms with Gasteiger partial charge in [-0.2, -0.15) is 0 Å². The molecule has 1 atom stereocenters. The molecule has 1 heterocycles. The number of hydrogen-bond acceptors (Lipinski definition) is 5. The molecule has 0 aliphatic carbocycles. The monoisotopic (exact) mass is 423 g/mol. The molecule has 2 aromatic carbocycles. The zero-order valence-electron chi connectivity index (χ0n) is 17.5. The lowest BCUT2D eigenvalue weighted by Gasteiger charge is -2.15. The van der Waals surface area contributed by atoms with Crippen LogP contribution in [-0.4, -0.2) is 23.4 Å². The Morgan fingerprint density at radius 3 is 2.57 bits per heavy atom. The molecule has 0 spiro atoms. The number of nitrogens with one attached hydrogen (secondary N) is 2. The lowest BCUT2D eigenvalue weighted by molar-refractivity contribution is -0.114. The van der Waals surface area contributed by atoms with Gasteiger partial charge in [0.05, 0.1) is 18.3 Å². The largest absolute Gasteiger partial charge is 0.494 e. The van der Waals surface area contributed by atoms with Crippen molar-refractivity contribution in [2.45, 2.75) is 33.7 Å². The second-order valence-electron chi connectivity index (χ2n) is 6.89. The molecular weight excluding hydrogens is 398 g/mol. The summed E-state index contributed by atoms with van der Waals surface area (Å²) in [4.78, 5) is 29.3. The molecule has 156 valence electrons. The molecule has 1 unspecified atom stereocenters. The Bertz CT molecular complexity index is 1040. The average Bonchev–Trinajstić information content (AvgIpc) is 3.10. The second kappa shape index (κ2) is 9.54. The number of nitrogens with zero attached hydrogens (tertiary/aromatic N) is 1. The van der Waals surface area contributed by atoms with Crippen molar-refractivity contribution < 1.29 is 14.3 Å². The van der Waals surface area contributed by atoms with Crippen molar-refractivity contribution in [1.29, 1.82) is 0 Å². The van der Waals surface area contributed by atoms with Crippen LogP contribution in [0.4, 0.5) is 5.69 Å². The summed E-state index contributed by atoms with van der Waals surface area (Å²) in [6.07, 6.45) is 0. The number of carbonyl (C=O) groups excluding carboxylic acids is 2. The van der Waals surface area contributed by atoms with Gasteiger partial charge in [-0.1, -0.05) is 12.1 Å². The standard InChI is InChI=1S/C23H25N3O3S/c1-5-29-20-11-9-17(10-12-20)23-25-15(3)21(30-23)22(28)24-14(2)18-7-6-8-19(13-18)26-16(4)27/h6-14H,5H2,1-4H3,(H,24,28)(H,26,27). The number of thiazole rings is 1. The summed E-state index contributed by atoms with van der Waals surface area (Å²) in [7, 11) is 0. The van der Waals surface area contributed by atoms with Crippen molar-refractivity contribution in [1.82, 2.24) is 10.3 Å². The average molecular weight is 424 g/mol. The number of aryl methyl sites for hydroxylation is 1. The van der Waals surface area contributed by atoms with Crippen LogP contribution in [0.5, 0.6) is 5.75 Å². The molecule has 0 saturated carbocycles. The highest BCUT2D eigenvalue weighted by atomic mass is 32.1. The maximum atomic E-state index is 12.9. The van der Waals surface area contributed by atoms with E-state index in [1.54, 1.807) is 0 Å². The minimum atomic E-state index is -0.221. The fourth-order valence-electron chi connectivity index (χ4n) is 3.03. The molecule has 0 bridgehead atoms. The summed E-state index contributed by atoms with van der Waals surface area (Å²) in [6, 6.07) is 14.9. The fraction of sp³-hybridized carbons (Fsp3) is 0.261. The van der Waals surface area contributed by atoms with Gasteiger partial charge < -0.3 is 15.4 Å². The maximum absolute atomic E-state index is 12.9. The smallest absolute Gasteiger partial charge is 0.263 e. The molecule has 3 rings (SSSR count). The van der Waals surface area contributed by atoms with Crippen LogP contribution < -0.4 is 15.4 Å². The van der Waals surface area contributed by atoms with E-state index in [4.69, 9.17) is 4.74 Å². The molecular formula is C23H25N3O3S. The van der Waals surface area contributed by atoms with Gasteiger partial charge in [0.25, 0.3) is 5.91 Å². The fourth-order valence-corrected chi connectivity index (χ4v) is 4.00. The van der Waals surface area contributed by atoms with E-state index in [-0.39, 0.29) is 17.9 Å². The van der Waals surface area contributed by atoms with Gasteiger partial charge in [0.15, 0.2) is 0 Å². The Morgan fingerprint density at radius 1 is 1.17 bits per heavy atom. The van der Waals surface area contributed by atoms with Crippen molar-refractivity contribution >= 4 is 28.8 Å².